The van der Waals surface area contributed by atoms with E-state index in [1.165, 1.54) is 24.5 Å². The van der Waals surface area contributed by atoms with Crippen molar-refractivity contribution >= 4 is 16.9 Å². The minimum Gasteiger partial charge on any atom is -0.461 e. The number of fused-ring (bicyclic) bond motifs is 1. The summed E-state index contributed by atoms with van der Waals surface area (Å²) in [6.45, 7) is 0.363. The number of rotatable bonds is 5. The number of hydrogen-bond donors (Lipinski definition) is 1. The first kappa shape index (κ1) is 16.1. The molecule has 1 aromatic carbocycles. The van der Waals surface area contributed by atoms with Crippen LogP contribution in [0.15, 0.2) is 51.6 Å². The van der Waals surface area contributed by atoms with Gasteiger partial charge in [0.25, 0.3) is 5.91 Å². The highest BCUT2D eigenvalue weighted by atomic mass is 19.1. The summed E-state index contributed by atoms with van der Waals surface area (Å²) >= 11 is 0. The summed E-state index contributed by atoms with van der Waals surface area (Å²) in [4.78, 5) is 16.6. The van der Waals surface area contributed by atoms with Crippen molar-refractivity contribution in [3.8, 4) is 11.5 Å². The molecule has 0 fully saturated rings. The Morgan fingerprint density at radius 2 is 2.15 bits per heavy atom. The number of benzene rings is 1. The van der Waals surface area contributed by atoms with Gasteiger partial charge in [0.15, 0.2) is 11.5 Å². The van der Waals surface area contributed by atoms with Gasteiger partial charge in [0.05, 0.1) is 17.3 Å². The maximum absolute atomic E-state index is 13.3. The molecule has 1 N–H and O–H groups in total. The molecular weight excluding hydrogens is 339 g/mol. The van der Waals surface area contributed by atoms with Crippen molar-refractivity contribution in [2.24, 2.45) is 7.05 Å². The van der Waals surface area contributed by atoms with Crippen molar-refractivity contribution < 1.29 is 18.1 Å². The lowest BCUT2D eigenvalue weighted by Gasteiger charge is -2.03. The Hall–Kier alpha value is -3.42. The Bertz CT molecular complexity index is 1070. The fourth-order valence-electron chi connectivity index (χ4n) is 2.74. The summed E-state index contributed by atoms with van der Waals surface area (Å²) in [5.74, 6) is 0.966. The van der Waals surface area contributed by atoms with E-state index in [0.717, 1.165) is 11.3 Å². The molecule has 0 aliphatic rings. The molecule has 7 nitrogen and oxygen atoms in total. The minimum atomic E-state index is -0.351. The molecule has 3 heterocycles. The Morgan fingerprint density at radius 1 is 1.27 bits per heavy atom. The molecule has 4 rings (SSSR count). The number of nitrogens with one attached hydrogen (secondary N) is 1. The van der Waals surface area contributed by atoms with Crippen molar-refractivity contribution in [1.82, 2.24) is 20.0 Å². The van der Waals surface area contributed by atoms with Crippen LogP contribution in [0.25, 0.3) is 22.6 Å². The lowest BCUT2D eigenvalue weighted by molar-refractivity contribution is 0.0945. The molecule has 1 amide bonds. The van der Waals surface area contributed by atoms with Crippen LogP contribution in [0.2, 0.25) is 0 Å². The Labute approximate surface area is 147 Å². The Kier molecular flexibility index (Phi) is 4.00. The van der Waals surface area contributed by atoms with Crippen LogP contribution in [0.5, 0.6) is 0 Å². The van der Waals surface area contributed by atoms with Crippen molar-refractivity contribution in [3.05, 3.63) is 60.0 Å². The monoisotopic (exact) mass is 354 g/mol. The number of carbonyl (C=O) groups excluding carboxylic acids is 1. The number of halogens is 1. The molecule has 132 valence electrons. The molecule has 0 radical (unpaired) electrons. The summed E-state index contributed by atoms with van der Waals surface area (Å²) in [5.41, 5.74) is 1.60. The quantitative estimate of drug-likeness (QED) is 0.595. The Balaban J connectivity index is 1.40. The van der Waals surface area contributed by atoms with Gasteiger partial charge >= 0.3 is 0 Å². The number of hydrogen-bond acceptors (Lipinski definition) is 5. The van der Waals surface area contributed by atoms with E-state index >= 15 is 0 Å². The second-order valence-corrected chi connectivity index (χ2v) is 5.78. The van der Waals surface area contributed by atoms with E-state index in [2.05, 4.69) is 15.5 Å². The summed E-state index contributed by atoms with van der Waals surface area (Å²) in [7, 11) is 1.86. The molecular formula is C18H15FN4O3. The summed E-state index contributed by atoms with van der Waals surface area (Å²) < 4.78 is 25.5. The van der Waals surface area contributed by atoms with Gasteiger partial charge in [0.1, 0.15) is 11.6 Å². The van der Waals surface area contributed by atoms with E-state index in [1.54, 1.807) is 18.2 Å². The van der Waals surface area contributed by atoms with Gasteiger partial charge in [0, 0.05) is 32.1 Å². The van der Waals surface area contributed by atoms with Crippen molar-refractivity contribution in [2.45, 2.75) is 6.42 Å². The van der Waals surface area contributed by atoms with Crippen LogP contribution in [0.3, 0.4) is 0 Å². The molecule has 0 unspecified atom stereocenters. The van der Waals surface area contributed by atoms with Gasteiger partial charge in [-0.1, -0.05) is 5.16 Å². The van der Waals surface area contributed by atoms with Gasteiger partial charge < -0.3 is 18.8 Å². The third-order valence-electron chi connectivity index (χ3n) is 4.08. The van der Waals surface area contributed by atoms with Gasteiger partial charge in [-0.25, -0.2) is 9.37 Å². The highest BCUT2D eigenvalue weighted by Crippen LogP contribution is 2.20. The predicted octanol–water partition coefficient (Wildman–Crippen LogP) is 2.93. The van der Waals surface area contributed by atoms with E-state index < -0.39 is 0 Å². The number of imidazole rings is 1. The molecule has 0 saturated heterocycles. The van der Waals surface area contributed by atoms with Gasteiger partial charge in [-0.15, -0.1) is 0 Å². The maximum Gasteiger partial charge on any atom is 0.273 e. The normalized spacial score (nSPS) is 11.2. The number of amides is 1. The fourth-order valence-corrected chi connectivity index (χ4v) is 2.74. The largest absolute Gasteiger partial charge is 0.461 e. The second-order valence-electron chi connectivity index (χ2n) is 5.78. The molecule has 0 saturated carbocycles. The lowest BCUT2D eigenvalue weighted by Crippen LogP contribution is -2.26. The van der Waals surface area contributed by atoms with Gasteiger partial charge in [-0.2, -0.15) is 0 Å². The molecule has 0 atom stereocenters. The van der Waals surface area contributed by atoms with Gasteiger partial charge in [-0.3, -0.25) is 4.79 Å². The zero-order valence-electron chi connectivity index (χ0n) is 13.9. The minimum absolute atomic E-state index is 0.170. The lowest BCUT2D eigenvalue weighted by atomic mass is 10.3. The number of nitrogens with zero attached hydrogens (tertiary/aromatic N) is 3. The zero-order valence-corrected chi connectivity index (χ0v) is 13.9. The van der Waals surface area contributed by atoms with Crippen molar-refractivity contribution in [2.75, 3.05) is 6.54 Å². The molecule has 26 heavy (non-hydrogen) atoms. The number of carbonyl (C=O) groups is 1. The van der Waals surface area contributed by atoms with Crippen molar-refractivity contribution in [1.29, 1.82) is 0 Å². The molecule has 0 bridgehead atoms. The fraction of sp³-hybridized carbons (Fsp3) is 0.167. The summed E-state index contributed by atoms with van der Waals surface area (Å²) in [5, 5.41) is 6.52. The van der Waals surface area contributed by atoms with Crippen molar-refractivity contribution in [3.63, 3.8) is 0 Å². The van der Waals surface area contributed by atoms with Crippen LogP contribution in [-0.2, 0) is 13.5 Å². The highest BCUT2D eigenvalue weighted by Gasteiger charge is 2.15. The average molecular weight is 354 g/mol. The topological polar surface area (TPSA) is 86.1 Å². The van der Waals surface area contributed by atoms with E-state index in [9.17, 15) is 9.18 Å². The van der Waals surface area contributed by atoms with Crippen LogP contribution in [-0.4, -0.2) is 27.2 Å². The van der Waals surface area contributed by atoms with E-state index in [4.69, 9.17) is 8.94 Å². The Morgan fingerprint density at radius 3 is 2.96 bits per heavy atom. The summed E-state index contributed by atoms with van der Waals surface area (Å²) in [6.07, 6.45) is 2.02. The number of furan rings is 1. The first-order chi connectivity index (χ1) is 12.6. The van der Waals surface area contributed by atoms with Crippen LogP contribution in [0.1, 0.15) is 16.3 Å². The van der Waals surface area contributed by atoms with Gasteiger partial charge in [-0.05, 0) is 24.3 Å². The molecule has 0 aliphatic heterocycles. The number of aryl methyl sites for hydroxylation is 1. The third kappa shape index (κ3) is 2.97. The third-order valence-corrected chi connectivity index (χ3v) is 4.08. The van der Waals surface area contributed by atoms with Crippen LogP contribution < -0.4 is 5.32 Å². The van der Waals surface area contributed by atoms with Crippen LogP contribution >= 0.6 is 0 Å². The molecule has 0 aliphatic carbocycles. The van der Waals surface area contributed by atoms with E-state index in [-0.39, 0.29) is 17.4 Å². The standard InChI is InChI=1S/C18H15FN4O3/c1-23-14-5-4-11(19)9-12(14)21-17(23)6-7-20-18(24)13-10-16(26-22-13)15-3-2-8-25-15/h2-5,8-10H,6-7H2,1H3,(H,20,24). The van der Waals surface area contributed by atoms with Crippen LogP contribution in [0.4, 0.5) is 4.39 Å². The first-order valence-corrected chi connectivity index (χ1v) is 8.01. The second kappa shape index (κ2) is 6.47. The first-order valence-electron chi connectivity index (χ1n) is 8.01. The zero-order chi connectivity index (χ0) is 18.1. The molecule has 3 aromatic heterocycles. The van der Waals surface area contributed by atoms with E-state index in [0.29, 0.717) is 30.0 Å². The predicted molar refractivity (Wildman–Crippen MR) is 90.9 cm³/mol. The summed E-state index contributed by atoms with van der Waals surface area (Å²) in [6, 6.07) is 9.44. The average Bonchev–Trinajstić information content (AvgIpc) is 3.35. The van der Waals surface area contributed by atoms with E-state index in [1.807, 2.05) is 11.6 Å². The SMILES string of the molecule is Cn1c(CCNC(=O)c2cc(-c3ccco3)on2)nc2cc(F)ccc21. The highest BCUT2D eigenvalue weighted by molar-refractivity contribution is 5.92. The van der Waals surface area contributed by atoms with Gasteiger partial charge in [0.2, 0.25) is 5.76 Å². The molecule has 0 spiro atoms. The van der Waals surface area contributed by atoms with Crippen LogP contribution in [0, 0.1) is 5.82 Å². The smallest absolute Gasteiger partial charge is 0.273 e. The molecule has 8 heteroatoms. The number of aromatic nitrogens is 3. The molecule has 4 aromatic rings. The maximum atomic E-state index is 13.3.